The Kier molecular flexibility index (Phi) is 6.45. The maximum atomic E-state index is 13.3. The number of carbonyl (C=O) groups excluding carboxylic acids is 1. The molecule has 2 amide bonds. The highest BCUT2D eigenvalue weighted by Crippen LogP contribution is 2.33. The van der Waals surface area contributed by atoms with Crippen LogP contribution in [0.3, 0.4) is 0 Å². The van der Waals surface area contributed by atoms with Crippen LogP contribution in [-0.4, -0.2) is 32.7 Å². The summed E-state index contributed by atoms with van der Waals surface area (Å²) in [5.74, 6) is 0.550. The van der Waals surface area contributed by atoms with Crippen molar-refractivity contribution in [3.05, 3.63) is 89.2 Å². The van der Waals surface area contributed by atoms with Gasteiger partial charge in [0.25, 0.3) is 0 Å². The van der Waals surface area contributed by atoms with Crippen molar-refractivity contribution in [2.24, 2.45) is 7.05 Å². The molecular formula is C27H25ClN6O2. The molecule has 0 radical (unpaired) electrons. The molecule has 0 fully saturated rings. The van der Waals surface area contributed by atoms with Gasteiger partial charge in [0.15, 0.2) is 0 Å². The predicted octanol–water partition coefficient (Wildman–Crippen LogP) is 6.18. The third-order valence-corrected chi connectivity index (χ3v) is 6.23. The molecule has 0 saturated carbocycles. The number of hydrogen-bond acceptors (Lipinski definition) is 4. The zero-order valence-electron chi connectivity index (χ0n) is 20.1. The number of carbonyl (C=O) groups is 1. The van der Waals surface area contributed by atoms with Gasteiger partial charge in [-0.2, -0.15) is 10.2 Å². The van der Waals surface area contributed by atoms with E-state index in [0.29, 0.717) is 23.1 Å². The number of nitrogens with one attached hydrogen (secondary N) is 2. The summed E-state index contributed by atoms with van der Waals surface area (Å²) >= 11 is 6.52. The van der Waals surface area contributed by atoms with Crippen LogP contribution in [0, 0.1) is 6.92 Å². The van der Waals surface area contributed by atoms with Crippen molar-refractivity contribution in [3.8, 4) is 16.9 Å². The van der Waals surface area contributed by atoms with E-state index in [-0.39, 0.29) is 0 Å². The number of nitrogens with zero attached hydrogens (tertiary/aromatic N) is 4. The molecule has 36 heavy (non-hydrogen) atoms. The van der Waals surface area contributed by atoms with Crippen LogP contribution >= 0.6 is 11.6 Å². The quantitative estimate of drug-likeness (QED) is 0.291. The van der Waals surface area contributed by atoms with E-state index >= 15 is 0 Å². The number of methoxy groups -OCH3 is 1. The highest BCUT2D eigenvalue weighted by atomic mass is 35.5. The fourth-order valence-electron chi connectivity index (χ4n) is 4.19. The van der Waals surface area contributed by atoms with Gasteiger partial charge < -0.3 is 10.1 Å². The van der Waals surface area contributed by atoms with Crippen LogP contribution in [-0.2, 0) is 18.4 Å². The van der Waals surface area contributed by atoms with Gasteiger partial charge in [-0.05, 0) is 42.1 Å². The molecule has 0 aliphatic heterocycles. The molecule has 9 heteroatoms. The number of urea groups is 1. The Morgan fingerprint density at radius 1 is 1.08 bits per heavy atom. The molecule has 5 aromatic rings. The van der Waals surface area contributed by atoms with Gasteiger partial charge in [-0.15, -0.1) is 0 Å². The van der Waals surface area contributed by atoms with E-state index in [1.165, 1.54) is 0 Å². The average Bonchev–Trinajstić information content (AvgIpc) is 3.45. The van der Waals surface area contributed by atoms with Crippen LogP contribution in [0.1, 0.15) is 11.1 Å². The van der Waals surface area contributed by atoms with Gasteiger partial charge in [-0.25, -0.2) is 9.48 Å². The number of hydrogen-bond donors (Lipinski definition) is 2. The lowest BCUT2D eigenvalue weighted by atomic mass is 10.1. The van der Waals surface area contributed by atoms with Crippen molar-refractivity contribution in [1.29, 1.82) is 0 Å². The Hall–Kier alpha value is -4.14. The molecule has 182 valence electrons. The molecule has 5 rings (SSSR count). The van der Waals surface area contributed by atoms with Crippen molar-refractivity contribution in [2.75, 3.05) is 17.7 Å². The summed E-state index contributed by atoms with van der Waals surface area (Å²) in [5.41, 5.74) is 4.73. The molecule has 0 unspecified atom stereocenters. The van der Waals surface area contributed by atoms with Crippen LogP contribution < -0.4 is 10.6 Å². The molecule has 3 aromatic carbocycles. The van der Waals surface area contributed by atoms with Crippen molar-refractivity contribution in [2.45, 2.75) is 13.5 Å². The molecular weight excluding hydrogens is 476 g/mol. The monoisotopic (exact) mass is 500 g/mol. The summed E-state index contributed by atoms with van der Waals surface area (Å²) < 4.78 is 8.71. The summed E-state index contributed by atoms with van der Waals surface area (Å²) in [7, 11) is 3.50. The molecule has 2 N–H and O–H groups in total. The third kappa shape index (κ3) is 4.56. The minimum Gasteiger partial charge on any atom is -0.380 e. The molecule has 0 aliphatic carbocycles. The van der Waals surface area contributed by atoms with E-state index in [4.69, 9.17) is 21.4 Å². The maximum absolute atomic E-state index is 13.3. The van der Waals surface area contributed by atoms with Gasteiger partial charge in [0.2, 0.25) is 0 Å². The van der Waals surface area contributed by atoms with Gasteiger partial charge in [-0.3, -0.25) is 10.00 Å². The smallest absolute Gasteiger partial charge is 0.324 e. The second kappa shape index (κ2) is 9.85. The minimum absolute atomic E-state index is 0.431. The molecule has 0 bridgehead atoms. The van der Waals surface area contributed by atoms with Crippen LogP contribution in [0.5, 0.6) is 0 Å². The van der Waals surface area contributed by atoms with E-state index in [1.54, 1.807) is 28.7 Å². The number of aryl methyl sites for hydroxylation is 1. The van der Waals surface area contributed by atoms with Crippen molar-refractivity contribution >= 4 is 39.9 Å². The van der Waals surface area contributed by atoms with Crippen LogP contribution in [0.4, 0.5) is 16.3 Å². The Morgan fingerprint density at radius 2 is 1.86 bits per heavy atom. The molecule has 2 heterocycles. The molecule has 0 atom stereocenters. The first-order valence-corrected chi connectivity index (χ1v) is 11.7. The topological polar surface area (TPSA) is 86.0 Å². The SMILES string of the molecule is COCc1ccc2ccc(Cl)c(NC(=O)Nc3c(C)c(-c4cnn(C)c4)nn3-c3ccccc3)c2c1. The Morgan fingerprint density at radius 3 is 2.58 bits per heavy atom. The highest BCUT2D eigenvalue weighted by Gasteiger charge is 2.21. The lowest BCUT2D eigenvalue weighted by molar-refractivity contribution is 0.185. The summed E-state index contributed by atoms with van der Waals surface area (Å²) in [6, 6.07) is 18.9. The second-order valence-corrected chi connectivity index (χ2v) is 8.87. The first-order chi connectivity index (χ1) is 17.4. The normalized spacial score (nSPS) is 11.1. The maximum Gasteiger partial charge on any atom is 0.324 e. The zero-order chi connectivity index (χ0) is 25.2. The summed E-state index contributed by atoms with van der Waals surface area (Å²) in [4.78, 5) is 13.3. The largest absolute Gasteiger partial charge is 0.380 e. The van der Waals surface area contributed by atoms with E-state index in [1.807, 2.05) is 74.8 Å². The third-order valence-electron chi connectivity index (χ3n) is 5.92. The second-order valence-electron chi connectivity index (χ2n) is 8.46. The molecule has 0 spiro atoms. The summed E-state index contributed by atoms with van der Waals surface area (Å²) in [6.45, 7) is 2.38. The van der Waals surface area contributed by atoms with Gasteiger partial charge in [0.1, 0.15) is 11.5 Å². The van der Waals surface area contributed by atoms with Gasteiger partial charge in [-0.1, -0.05) is 48.0 Å². The molecule has 8 nitrogen and oxygen atoms in total. The van der Waals surface area contributed by atoms with Crippen LogP contribution in [0.25, 0.3) is 27.7 Å². The number of rotatable bonds is 6. The fraction of sp³-hybridized carbons (Fsp3) is 0.148. The number of amides is 2. The van der Waals surface area contributed by atoms with Gasteiger partial charge >= 0.3 is 6.03 Å². The van der Waals surface area contributed by atoms with Gasteiger partial charge in [0.05, 0.1) is 29.2 Å². The minimum atomic E-state index is -0.431. The highest BCUT2D eigenvalue weighted by molar-refractivity contribution is 6.35. The van der Waals surface area contributed by atoms with Crippen molar-refractivity contribution in [1.82, 2.24) is 19.6 Å². The van der Waals surface area contributed by atoms with Gasteiger partial charge in [0, 0.05) is 36.9 Å². The van der Waals surface area contributed by atoms with Crippen LogP contribution in [0.2, 0.25) is 5.02 Å². The van der Waals surface area contributed by atoms with E-state index in [9.17, 15) is 4.79 Å². The predicted molar refractivity (Wildman–Crippen MR) is 143 cm³/mol. The van der Waals surface area contributed by atoms with E-state index < -0.39 is 6.03 Å². The Balaban J connectivity index is 1.52. The van der Waals surface area contributed by atoms with Crippen molar-refractivity contribution < 1.29 is 9.53 Å². The Bertz CT molecular complexity index is 1560. The number of anilines is 2. The summed E-state index contributed by atoms with van der Waals surface area (Å²) in [5, 5.41) is 17.2. The fourth-order valence-corrected chi connectivity index (χ4v) is 4.40. The number of benzene rings is 3. The summed E-state index contributed by atoms with van der Waals surface area (Å²) in [6.07, 6.45) is 3.64. The first-order valence-electron chi connectivity index (χ1n) is 11.4. The first kappa shape index (κ1) is 23.6. The molecule has 0 aliphatic rings. The molecule has 0 saturated heterocycles. The number of aromatic nitrogens is 4. The lowest BCUT2D eigenvalue weighted by Gasteiger charge is -2.14. The van der Waals surface area contributed by atoms with E-state index in [2.05, 4.69) is 15.7 Å². The van der Waals surface area contributed by atoms with Crippen LogP contribution in [0.15, 0.2) is 73.1 Å². The van der Waals surface area contributed by atoms with E-state index in [0.717, 1.165) is 38.8 Å². The van der Waals surface area contributed by atoms with Crippen molar-refractivity contribution in [3.63, 3.8) is 0 Å². The average molecular weight is 501 g/mol. The standard InChI is InChI=1S/C27H25ClN6O2/c1-17-24(20-14-29-33(2)15-20)32-34(21-7-5-4-6-8-21)26(17)31-27(35)30-25-22-13-18(16-36-3)9-10-19(22)11-12-23(25)28/h4-15H,16H2,1-3H3,(H2,30,31,35). The number of para-hydroxylation sites is 1. The number of fused-ring (bicyclic) bond motifs is 1. The molecule has 2 aromatic heterocycles. The zero-order valence-corrected chi connectivity index (χ0v) is 20.9. The lowest BCUT2D eigenvalue weighted by Crippen LogP contribution is -2.22. The Labute approximate surface area is 213 Å². The number of halogens is 1. The number of ether oxygens (including phenoxy) is 1.